The van der Waals surface area contributed by atoms with Gasteiger partial charge in [-0.05, 0) is 24.1 Å². The number of anilines is 1. The molecule has 0 saturated carbocycles. The van der Waals surface area contributed by atoms with Gasteiger partial charge in [-0.15, -0.1) is 0 Å². The predicted molar refractivity (Wildman–Crippen MR) is 120 cm³/mol. The Bertz CT molecular complexity index is 1310. The first-order chi connectivity index (χ1) is 15.1. The molecule has 0 unspecified atom stereocenters. The third-order valence-electron chi connectivity index (χ3n) is 5.09. The molecule has 3 heterocycles. The second-order valence-corrected chi connectivity index (χ2v) is 7.08. The molecule has 156 valence electrons. The normalized spacial score (nSPS) is 10.8. The maximum Gasteiger partial charge on any atom is 0.251 e. The van der Waals surface area contributed by atoms with Gasteiger partial charge in [0.25, 0.3) is 11.5 Å². The first kappa shape index (κ1) is 20.2. The number of fused-ring (bicyclic) bond motifs is 1. The van der Waals surface area contributed by atoms with Crippen molar-refractivity contribution >= 4 is 22.6 Å². The van der Waals surface area contributed by atoms with E-state index in [0.29, 0.717) is 30.0 Å². The molecule has 31 heavy (non-hydrogen) atoms. The molecule has 1 amide bonds. The lowest BCUT2D eigenvalue weighted by Crippen LogP contribution is -2.18. The molecule has 4 aromatic rings. The zero-order valence-corrected chi connectivity index (χ0v) is 17.3. The number of amides is 1. The van der Waals surface area contributed by atoms with E-state index in [-0.39, 0.29) is 11.5 Å². The minimum atomic E-state index is -0.132. The fourth-order valence-electron chi connectivity index (χ4n) is 3.42. The van der Waals surface area contributed by atoms with E-state index in [4.69, 9.17) is 0 Å². The van der Waals surface area contributed by atoms with Crippen LogP contribution in [0.1, 0.15) is 15.9 Å². The van der Waals surface area contributed by atoms with Crippen LogP contribution in [-0.4, -0.2) is 39.0 Å². The average molecular weight is 414 g/mol. The summed E-state index contributed by atoms with van der Waals surface area (Å²) in [7, 11) is 3.32. The summed E-state index contributed by atoms with van der Waals surface area (Å²) < 4.78 is 1.51. The second kappa shape index (κ2) is 8.74. The molecule has 3 aromatic heterocycles. The summed E-state index contributed by atoms with van der Waals surface area (Å²) in [6.07, 6.45) is 5.55. The Morgan fingerprint density at radius 2 is 1.97 bits per heavy atom. The van der Waals surface area contributed by atoms with Crippen LogP contribution in [-0.2, 0) is 13.5 Å². The van der Waals surface area contributed by atoms with E-state index in [1.165, 1.54) is 10.9 Å². The minimum absolute atomic E-state index is 0.0924. The van der Waals surface area contributed by atoms with E-state index in [2.05, 4.69) is 25.6 Å². The lowest BCUT2D eigenvalue weighted by molar-refractivity contribution is 0.0964. The number of rotatable bonds is 6. The molecule has 0 spiro atoms. The minimum Gasteiger partial charge on any atom is -0.370 e. The van der Waals surface area contributed by atoms with Gasteiger partial charge in [0, 0.05) is 56.1 Å². The van der Waals surface area contributed by atoms with Crippen LogP contribution in [0.2, 0.25) is 0 Å². The van der Waals surface area contributed by atoms with Gasteiger partial charge in [0.1, 0.15) is 12.1 Å². The number of aromatic nitrogens is 4. The summed E-state index contributed by atoms with van der Waals surface area (Å²) in [6.45, 7) is 0.623. The molecule has 0 atom stereocenters. The maximum absolute atomic E-state index is 12.1. The smallest absolute Gasteiger partial charge is 0.251 e. The van der Waals surface area contributed by atoms with Gasteiger partial charge in [0.2, 0.25) is 0 Å². The van der Waals surface area contributed by atoms with Crippen molar-refractivity contribution < 1.29 is 4.79 Å². The van der Waals surface area contributed by atoms with Gasteiger partial charge < -0.3 is 15.2 Å². The van der Waals surface area contributed by atoms with Crippen molar-refractivity contribution in [3.63, 3.8) is 0 Å². The quantitative estimate of drug-likeness (QED) is 0.502. The molecular formula is C23H22N6O2. The van der Waals surface area contributed by atoms with E-state index in [1.54, 1.807) is 38.6 Å². The summed E-state index contributed by atoms with van der Waals surface area (Å²) in [5.41, 5.74) is 3.79. The van der Waals surface area contributed by atoms with Gasteiger partial charge >= 0.3 is 0 Å². The number of hydrogen-bond donors (Lipinski definition) is 2. The Morgan fingerprint density at radius 1 is 1.10 bits per heavy atom. The molecule has 4 rings (SSSR count). The van der Waals surface area contributed by atoms with E-state index in [0.717, 1.165) is 22.0 Å². The predicted octanol–water partition coefficient (Wildman–Crippen LogP) is 2.40. The van der Waals surface area contributed by atoms with Gasteiger partial charge in [0.05, 0.1) is 16.8 Å². The summed E-state index contributed by atoms with van der Waals surface area (Å²) in [6, 6.07) is 12.8. The highest BCUT2D eigenvalue weighted by Gasteiger charge is 2.11. The molecule has 0 radical (unpaired) electrons. The number of nitrogens with zero attached hydrogens (tertiary/aromatic N) is 4. The lowest BCUT2D eigenvalue weighted by Gasteiger charge is -2.10. The highest BCUT2D eigenvalue weighted by Crippen LogP contribution is 2.21. The van der Waals surface area contributed by atoms with Gasteiger partial charge in [-0.2, -0.15) is 0 Å². The van der Waals surface area contributed by atoms with Crippen LogP contribution in [0, 0.1) is 0 Å². The Hall–Kier alpha value is -4.07. The number of pyridine rings is 2. The summed E-state index contributed by atoms with van der Waals surface area (Å²) >= 11 is 0. The molecule has 8 nitrogen and oxygen atoms in total. The first-order valence-electron chi connectivity index (χ1n) is 9.88. The Balaban J connectivity index is 1.51. The number of nitrogens with one attached hydrogen (secondary N) is 2. The molecular weight excluding hydrogens is 392 g/mol. The van der Waals surface area contributed by atoms with Gasteiger partial charge in [0.15, 0.2) is 0 Å². The third-order valence-corrected chi connectivity index (χ3v) is 5.09. The number of hydrogen-bond acceptors (Lipinski definition) is 6. The van der Waals surface area contributed by atoms with E-state index in [9.17, 15) is 9.59 Å². The van der Waals surface area contributed by atoms with Crippen LogP contribution >= 0.6 is 0 Å². The highest BCUT2D eigenvalue weighted by atomic mass is 16.1. The molecule has 2 N–H and O–H groups in total. The molecule has 1 aromatic carbocycles. The van der Waals surface area contributed by atoms with E-state index < -0.39 is 0 Å². The van der Waals surface area contributed by atoms with Crippen molar-refractivity contribution in [1.29, 1.82) is 0 Å². The standard InChI is InChI=1S/C23H22N6O2/c1-24-23(31)18-7-10-26-22-15(4-3-5-17(18)22)6-9-25-20-13-19(27-14-28-20)16-8-11-29(2)21(30)12-16/h3-5,7-8,10-14H,6,9H2,1-2H3,(H,24,31)(H,25,27,28). The number of para-hydroxylation sites is 1. The zero-order valence-electron chi connectivity index (χ0n) is 17.3. The number of carbonyl (C=O) groups excluding carboxylic acids is 1. The van der Waals surface area contributed by atoms with Crippen molar-refractivity contribution in [2.45, 2.75) is 6.42 Å². The second-order valence-electron chi connectivity index (χ2n) is 7.08. The van der Waals surface area contributed by atoms with Crippen molar-refractivity contribution in [2.75, 3.05) is 18.9 Å². The molecule has 8 heteroatoms. The first-order valence-corrected chi connectivity index (χ1v) is 9.88. The van der Waals surface area contributed by atoms with Gasteiger partial charge in [-0.1, -0.05) is 18.2 Å². The number of carbonyl (C=O) groups is 1. The van der Waals surface area contributed by atoms with Crippen molar-refractivity contribution in [3.8, 4) is 11.3 Å². The number of benzene rings is 1. The van der Waals surface area contributed by atoms with E-state index in [1.807, 2.05) is 30.3 Å². The zero-order chi connectivity index (χ0) is 21.8. The summed E-state index contributed by atoms with van der Waals surface area (Å²) in [4.78, 5) is 37.1. The van der Waals surface area contributed by atoms with Crippen LogP contribution in [0.5, 0.6) is 0 Å². The Kier molecular flexibility index (Phi) is 5.70. The van der Waals surface area contributed by atoms with Crippen LogP contribution in [0.25, 0.3) is 22.2 Å². The molecule has 0 aliphatic rings. The molecule has 0 fully saturated rings. The lowest BCUT2D eigenvalue weighted by atomic mass is 10.0. The Morgan fingerprint density at radius 3 is 2.77 bits per heavy atom. The fourth-order valence-corrected chi connectivity index (χ4v) is 3.42. The average Bonchev–Trinajstić information content (AvgIpc) is 2.80. The third kappa shape index (κ3) is 4.28. The SMILES string of the molecule is CNC(=O)c1ccnc2c(CCNc3cc(-c4ccn(C)c(=O)c4)ncn3)cccc12. The Labute approximate surface area is 179 Å². The maximum atomic E-state index is 12.1. The van der Waals surface area contributed by atoms with Gasteiger partial charge in [-0.3, -0.25) is 14.6 Å². The van der Waals surface area contributed by atoms with Crippen molar-refractivity contribution in [1.82, 2.24) is 24.8 Å². The summed E-state index contributed by atoms with van der Waals surface area (Å²) in [5.74, 6) is 0.539. The van der Waals surface area contributed by atoms with Crippen LogP contribution in [0.3, 0.4) is 0 Å². The van der Waals surface area contributed by atoms with Crippen molar-refractivity contribution in [3.05, 3.63) is 82.7 Å². The number of aryl methyl sites for hydroxylation is 1. The highest BCUT2D eigenvalue weighted by molar-refractivity contribution is 6.06. The molecule has 0 aliphatic heterocycles. The molecule has 0 bridgehead atoms. The van der Waals surface area contributed by atoms with Crippen LogP contribution in [0.4, 0.5) is 5.82 Å². The summed E-state index contributed by atoms with van der Waals surface area (Å²) in [5, 5.41) is 6.80. The van der Waals surface area contributed by atoms with Crippen molar-refractivity contribution in [2.24, 2.45) is 7.05 Å². The van der Waals surface area contributed by atoms with E-state index >= 15 is 0 Å². The largest absolute Gasteiger partial charge is 0.370 e. The molecule has 0 aliphatic carbocycles. The van der Waals surface area contributed by atoms with Crippen LogP contribution in [0.15, 0.2) is 66.0 Å². The fraction of sp³-hybridized carbons (Fsp3) is 0.174. The molecule has 0 saturated heterocycles. The monoisotopic (exact) mass is 414 g/mol. The van der Waals surface area contributed by atoms with Gasteiger partial charge in [-0.25, -0.2) is 9.97 Å². The topological polar surface area (TPSA) is 102 Å². The van der Waals surface area contributed by atoms with Crippen LogP contribution < -0.4 is 16.2 Å².